The van der Waals surface area contributed by atoms with Crippen molar-refractivity contribution in [1.29, 1.82) is 0 Å². The van der Waals surface area contributed by atoms with Gasteiger partial charge >= 0.3 is 0 Å². The molecule has 0 aliphatic carbocycles. The number of nitrogens with two attached hydrogens (primary N) is 1. The SMILES string of the molecule is CCCOc1ccc(CCC(=O)N2CCCNCC2)cc1N. The predicted molar refractivity (Wildman–Crippen MR) is 89.0 cm³/mol. The third-order valence-electron chi connectivity index (χ3n) is 3.86. The van der Waals surface area contributed by atoms with Gasteiger partial charge in [-0.15, -0.1) is 0 Å². The molecule has 0 radical (unpaired) electrons. The van der Waals surface area contributed by atoms with E-state index in [1.54, 1.807) is 0 Å². The van der Waals surface area contributed by atoms with Crippen molar-refractivity contribution in [1.82, 2.24) is 10.2 Å². The van der Waals surface area contributed by atoms with Crippen LogP contribution < -0.4 is 15.8 Å². The molecule has 2 rings (SSSR count). The number of carbonyl (C=O) groups is 1. The summed E-state index contributed by atoms with van der Waals surface area (Å²) >= 11 is 0. The van der Waals surface area contributed by atoms with Crippen LogP contribution in [0.4, 0.5) is 5.69 Å². The monoisotopic (exact) mass is 305 g/mol. The van der Waals surface area contributed by atoms with Crippen molar-refractivity contribution in [2.75, 3.05) is 38.5 Å². The van der Waals surface area contributed by atoms with Gasteiger partial charge in [-0.05, 0) is 43.5 Å². The number of anilines is 1. The summed E-state index contributed by atoms with van der Waals surface area (Å²) in [7, 11) is 0. The maximum Gasteiger partial charge on any atom is 0.222 e. The fourth-order valence-corrected chi connectivity index (χ4v) is 2.60. The van der Waals surface area contributed by atoms with Crippen LogP contribution in [0, 0.1) is 0 Å². The summed E-state index contributed by atoms with van der Waals surface area (Å²) in [5, 5.41) is 3.31. The molecule has 0 atom stereocenters. The molecule has 0 unspecified atom stereocenters. The van der Waals surface area contributed by atoms with Crippen LogP contribution in [-0.4, -0.2) is 43.6 Å². The first-order valence-corrected chi connectivity index (χ1v) is 8.20. The maximum atomic E-state index is 12.3. The summed E-state index contributed by atoms with van der Waals surface area (Å²) in [4.78, 5) is 14.2. The molecule has 1 heterocycles. The lowest BCUT2D eigenvalue weighted by Gasteiger charge is -2.20. The summed E-state index contributed by atoms with van der Waals surface area (Å²) in [6.07, 6.45) is 3.25. The van der Waals surface area contributed by atoms with Gasteiger partial charge in [0.15, 0.2) is 0 Å². The van der Waals surface area contributed by atoms with Gasteiger partial charge in [-0.3, -0.25) is 4.79 Å². The van der Waals surface area contributed by atoms with E-state index in [2.05, 4.69) is 12.2 Å². The van der Waals surface area contributed by atoms with Crippen LogP contribution in [0.5, 0.6) is 5.75 Å². The Morgan fingerprint density at radius 1 is 1.36 bits per heavy atom. The van der Waals surface area contributed by atoms with Crippen molar-refractivity contribution < 1.29 is 9.53 Å². The van der Waals surface area contributed by atoms with Crippen LogP contribution in [0.15, 0.2) is 18.2 Å². The zero-order valence-electron chi connectivity index (χ0n) is 13.4. The predicted octanol–water partition coefficient (Wildman–Crippen LogP) is 1.81. The number of rotatable bonds is 6. The fraction of sp³-hybridized carbons (Fsp3) is 0.588. The lowest BCUT2D eigenvalue weighted by molar-refractivity contribution is -0.130. The van der Waals surface area contributed by atoms with Gasteiger partial charge in [-0.1, -0.05) is 13.0 Å². The lowest BCUT2D eigenvalue weighted by Crippen LogP contribution is -2.34. The van der Waals surface area contributed by atoms with Crippen LogP contribution >= 0.6 is 0 Å². The minimum Gasteiger partial charge on any atom is -0.491 e. The van der Waals surface area contributed by atoms with Crippen LogP contribution in [0.25, 0.3) is 0 Å². The molecule has 22 heavy (non-hydrogen) atoms. The van der Waals surface area contributed by atoms with Crippen LogP contribution in [0.1, 0.15) is 31.7 Å². The summed E-state index contributed by atoms with van der Waals surface area (Å²) in [6, 6.07) is 5.82. The Balaban J connectivity index is 1.85. The molecular weight excluding hydrogens is 278 g/mol. The Labute approximate surface area is 132 Å². The topological polar surface area (TPSA) is 67.6 Å². The standard InChI is InChI=1S/C17H27N3O2/c1-2-12-22-16-6-4-14(13-15(16)18)5-7-17(21)20-10-3-8-19-9-11-20/h4,6,13,19H,2-3,5,7-12,18H2,1H3. The molecule has 1 aromatic rings. The average Bonchev–Trinajstić information content (AvgIpc) is 2.81. The number of aryl methyl sites for hydroxylation is 1. The number of hydrogen-bond acceptors (Lipinski definition) is 4. The molecule has 1 aliphatic rings. The average molecular weight is 305 g/mol. The van der Waals surface area contributed by atoms with Crippen molar-refractivity contribution in [3.8, 4) is 5.75 Å². The third kappa shape index (κ3) is 4.91. The van der Waals surface area contributed by atoms with Crippen molar-refractivity contribution in [3.05, 3.63) is 23.8 Å². The molecule has 1 fully saturated rings. The first-order chi connectivity index (χ1) is 10.7. The summed E-state index contributed by atoms with van der Waals surface area (Å²) < 4.78 is 5.57. The van der Waals surface area contributed by atoms with E-state index in [-0.39, 0.29) is 5.91 Å². The zero-order chi connectivity index (χ0) is 15.8. The molecule has 1 aromatic carbocycles. The quantitative estimate of drug-likeness (QED) is 0.787. The van der Waals surface area contributed by atoms with Crippen molar-refractivity contribution >= 4 is 11.6 Å². The normalized spacial score (nSPS) is 15.4. The van der Waals surface area contributed by atoms with Crippen LogP contribution in [0.3, 0.4) is 0 Å². The first-order valence-electron chi connectivity index (χ1n) is 8.20. The summed E-state index contributed by atoms with van der Waals surface area (Å²) in [5.41, 5.74) is 7.74. The van der Waals surface area contributed by atoms with Gasteiger partial charge < -0.3 is 20.7 Å². The Morgan fingerprint density at radius 3 is 3.00 bits per heavy atom. The molecule has 1 aliphatic heterocycles. The van der Waals surface area contributed by atoms with E-state index >= 15 is 0 Å². The van der Waals surface area contributed by atoms with Crippen molar-refractivity contribution in [2.45, 2.75) is 32.6 Å². The van der Waals surface area contributed by atoms with Crippen LogP contribution in [0.2, 0.25) is 0 Å². The number of carbonyl (C=O) groups excluding carboxylic acids is 1. The summed E-state index contributed by atoms with van der Waals surface area (Å²) in [5.74, 6) is 0.962. The van der Waals surface area contributed by atoms with E-state index in [1.807, 2.05) is 23.1 Å². The molecule has 0 aromatic heterocycles. The Hall–Kier alpha value is -1.75. The number of amides is 1. The fourth-order valence-electron chi connectivity index (χ4n) is 2.60. The molecule has 1 amide bonds. The van der Waals surface area contributed by atoms with Gasteiger partial charge in [0.25, 0.3) is 0 Å². The lowest BCUT2D eigenvalue weighted by atomic mass is 10.1. The van der Waals surface area contributed by atoms with Gasteiger partial charge in [-0.25, -0.2) is 0 Å². The molecular formula is C17H27N3O2. The van der Waals surface area contributed by atoms with E-state index in [4.69, 9.17) is 10.5 Å². The number of hydrogen-bond donors (Lipinski definition) is 2. The molecule has 5 heteroatoms. The van der Waals surface area contributed by atoms with E-state index in [9.17, 15) is 4.79 Å². The molecule has 0 saturated carbocycles. The molecule has 3 N–H and O–H groups in total. The van der Waals surface area contributed by atoms with Crippen molar-refractivity contribution in [2.24, 2.45) is 0 Å². The van der Waals surface area contributed by atoms with Gasteiger partial charge in [0.2, 0.25) is 5.91 Å². The number of nitrogen functional groups attached to an aromatic ring is 1. The van der Waals surface area contributed by atoms with Gasteiger partial charge in [-0.2, -0.15) is 0 Å². The van der Waals surface area contributed by atoms with E-state index < -0.39 is 0 Å². The second-order valence-electron chi connectivity index (χ2n) is 5.70. The van der Waals surface area contributed by atoms with Gasteiger partial charge in [0.1, 0.15) is 5.75 Å². The number of nitrogens with zero attached hydrogens (tertiary/aromatic N) is 1. The number of nitrogens with one attached hydrogen (secondary N) is 1. The Morgan fingerprint density at radius 2 is 2.23 bits per heavy atom. The van der Waals surface area contributed by atoms with E-state index in [1.165, 1.54) is 0 Å². The van der Waals surface area contributed by atoms with Crippen LogP contribution in [-0.2, 0) is 11.2 Å². The second-order valence-corrected chi connectivity index (χ2v) is 5.70. The largest absolute Gasteiger partial charge is 0.491 e. The molecule has 1 saturated heterocycles. The van der Waals surface area contributed by atoms with E-state index in [0.29, 0.717) is 18.7 Å². The van der Waals surface area contributed by atoms with Gasteiger partial charge in [0.05, 0.1) is 12.3 Å². The highest BCUT2D eigenvalue weighted by Crippen LogP contribution is 2.23. The van der Waals surface area contributed by atoms with Crippen molar-refractivity contribution in [3.63, 3.8) is 0 Å². The Kier molecular flexibility index (Phi) is 6.52. The number of ether oxygens (including phenoxy) is 1. The highest BCUT2D eigenvalue weighted by Gasteiger charge is 2.15. The Bertz CT molecular complexity index is 483. The van der Waals surface area contributed by atoms with E-state index in [0.717, 1.165) is 56.8 Å². The second kappa shape index (κ2) is 8.63. The number of benzene rings is 1. The zero-order valence-corrected chi connectivity index (χ0v) is 13.4. The van der Waals surface area contributed by atoms with Gasteiger partial charge in [0, 0.05) is 26.1 Å². The summed E-state index contributed by atoms with van der Waals surface area (Å²) in [6.45, 7) is 6.30. The minimum absolute atomic E-state index is 0.230. The molecule has 0 bridgehead atoms. The highest BCUT2D eigenvalue weighted by atomic mass is 16.5. The molecule has 122 valence electrons. The molecule has 0 spiro atoms. The highest BCUT2D eigenvalue weighted by molar-refractivity contribution is 5.76. The minimum atomic E-state index is 0.230. The third-order valence-corrected chi connectivity index (χ3v) is 3.86. The first kappa shape index (κ1) is 16.6. The molecule has 5 nitrogen and oxygen atoms in total. The smallest absolute Gasteiger partial charge is 0.222 e. The maximum absolute atomic E-state index is 12.3.